The minimum atomic E-state index is -0.593. The molecule has 2 amide bonds. The van der Waals surface area contributed by atoms with Gasteiger partial charge in [0.05, 0.1) is 17.9 Å². The molecule has 1 aromatic rings. The van der Waals surface area contributed by atoms with Crippen LogP contribution < -0.4 is 16.8 Å². The van der Waals surface area contributed by atoms with Crippen molar-refractivity contribution in [3.8, 4) is 0 Å². The Morgan fingerprint density at radius 1 is 1.67 bits per heavy atom. The van der Waals surface area contributed by atoms with Crippen LogP contribution in [0.2, 0.25) is 0 Å². The zero-order chi connectivity index (χ0) is 11.4. The molecule has 1 heterocycles. The highest BCUT2D eigenvalue weighted by Gasteiger charge is 2.08. The van der Waals surface area contributed by atoms with Crippen LogP contribution in [0.1, 0.15) is 6.92 Å². The van der Waals surface area contributed by atoms with Crippen LogP contribution in [-0.4, -0.2) is 27.6 Å². The monoisotopic (exact) mass is 211 g/mol. The highest BCUT2D eigenvalue weighted by atomic mass is 16.2. The molecule has 0 aliphatic rings. The fourth-order valence-electron chi connectivity index (χ4n) is 0.930. The molecule has 0 saturated carbocycles. The summed E-state index contributed by atoms with van der Waals surface area (Å²) in [6.07, 6.45) is 2.92. The Labute approximate surface area is 86.4 Å². The van der Waals surface area contributed by atoms with Crippen LogP contribution in [0.5, 0.6) is 0 Å². The van der Waals surface area contributed by atoms with Gasteiger partial charge in [0.25, 0.3) is 0 Å². The quantitative estimate of drug-likeness (QED) is 0.571. The van der Waals surface area contributed by atoms with Gasteiger partial charge in [-0.25, -0.2) is 0 Å². The van der Waals surface area contributed by atoms with Gasteiger partial charge < -0.3 is 16.8 Å². The number of nitrogens with zero attached hydrogens (tertiary/aromatic N) is 2. The highest BCUT2D eigenvalue weighted by molar-refractivity contribution is 5.94. The summed E-state index contributed by atoms with van der Waals surface area (Å²) in [6.45, 7) is 1.55. The summed E-state index contributed by atoms with van der Waals surface area (Å²) in [5.74, 6) is -0.809. The Morgan fingerprint density at radius 3 is 2.87 bits per heavy atom. The van der Waals surface area contributed by atoms with Gasteiger partial charge in [-0.15, -0.1) is 0 Å². The summed E-state index contributed by atoms with van der Waals surface area (Å²) in [7, 11) is 0. The van der Waals surface area contributed by atoms with Gasteiger partial charge in [-0.05, 0) is 6.92 Å². The largest absolute Gasteiger partial charge is 0.368 e. The first kappa shape index (κ1) is 11.2. The fraction of sp³-hybridized carbons (Fsp3) is 0.375. The Morgan fingerprint density at radius 2 is 2.33 bits per heavy atom. The number of aromatic nitrogens is 2. The van der Waals surface area contributed by atoms with Gasteiger partial charge in [0, 0.05) is 6.20 Å². The van der Waals surface area contributed by atoms with Crippen molar-refractivity contribution in [2.75, 3.05) is 5.32 Å². The van der Waals surface area contributed by atoms with Gasteiger partial charge in [-0.1, -0.05) is 0 Å². The second kappa shape index (κ2) is 4.56. The SMILES string of the molecule is CC(N)C(=O)Nc1cnn(CC(N)=O)c1. The molecule has 7 heteroatoms. The maximum atomic E-state index is 11.2. The molecule has 0 saturated heterocycles. The third-order valence-electron chi connectivity index (χ3n) is 1.63. The number of hydrogen-bond acceptors (Lipinski definition) is 4. The number of carbonyl (C=O) groups is 2. The zero-order valence-corrected chi connectivity index (χ0v) is 8.30. The van der Waals surface area contributed by atoms with Crippen molar-refractivity contribution in [1.29, 1.82) is 0 Å². The van der Waals surface area contributed by atoms with Gasteiger partial charge in [-0.2, -0.15) is 5.10 Å². The minimum absolute atomic E-state index is 0.0198. The molecule has 7 nitrogen and oxygen atoms in total. The lowest BCUT2D eigenvalue weighted by molar-refractivity contribution is -0.119. The van der Waals surface area contributed by atoms with Crippen LogP contribution in [-0.2, 0) is 16.1 Å². The molecule has 0 bridgehead atoms. The smallest absolute Gasteiger partial charge is 0.241 e. The fourth-order valence-corrected chi connectivity index (χ4v) is 0.930. The Bertz CT molecular complexity index is 371. The van der Waals surface area contributed by atoms with Crippen molar-refractivity contribution in [2.24, 2.45) is 11.5 Å². The van der Waals surface area contributed by atoms with E-state index in [0.29, 0.717) is 5.69 Å². The number of amides is 2. The number of anilines is 1. The summed E-state index contributed by atoms with van der Waals surface area (Å²) in [5.41, 5.74) is 10.8. The van der Waals surface area contributed by atoms with E-state index < -0.39 is 11.9 Å². The lowest BCUT2D eigenvalue weighted by Gasteiger charge is -2.04. The number of carbonyl (C=O) groups excluding carboxylic acids is 2. The lowest BCUT2D eigenvalue weighted by atomic mass is 10.3. The molecule has 82 valence electrons. The molecule has 1 aromatic heterocycles. The third kappa shape index (κ3) is 3.39. The first-order valence-electron chi connectivity index (χ1n) is 4.36. The maximum absolute atomic E-state index is 11.2. The van der Waals surface area contributed by atoms with Crippen LogP contribution >= 0.6 is 0 Å². The molecule has 0 fully saturated rings. The normalized spacial score (nSPS) is 12.1. The van der Waals surface area contributed by atoms with E-state index in [9.17, 15) is 9.59 Å². The van der Waals surface area contributed by atoms with Gasteiger partial charge >= 0.3 is 0 Å². The average Bonchev–Trinajstić information content (AvgIpc) is 2.51. The summed E-state index contributed by atoms with van der Waals surface area (Å²) in [6, 6.07) is -0.593. The topological polar surface area (TPSA) is 116 Å². The molecule has 1 rings (SSSR count). The average molecular weight is 211 g/mol. The number of nitrogens with one attached hydrogen (secondary N) is 1. The van der Waals surface area contributed by atoms with E-state index in [0.717, 1.165) is 0 Å². The molecule has 1 atom stereocenters. The van der Waals surface area contributed by atoms with Gasteiger partial charge in [0.15, 0.2) is 0 Å². The summed E-state index contributed by atoms with van der Waals surface area (Å²) in [5, 5.41) is 6.36. The van der Waals surface area contributed by atoms with Gasteiger partial charge in [0.1, 0.15) is 6.54 Å². The number of primary amides is 1. The molecule has 1 unspecified atom stereocenters. The molecule has 15 heavy (non-hydrogen) atoms. The van der Waals surface area contributed by atoms with Crippen LogP contribution in [0.15, 0.2) is 12.4 Å². The van der Waals surface area contributed by atoms with Crippen molar-refractivity contribution in [1.82, 2.24) is 9.78 Å². The number of hydrogen-bond donors (Lipinski definition) is 3. The van der Waals surface area contributed by atoms with Crippen LogP contribution in [0.4, 0.5) is 5.69 Å². The van der Waals surface area contributed by atoms with Crippen LogP contribution in [0.3, 0.4) is 0 Å². The molecular formula is C8H13N5O2. The van der Waals surface area contributed by atoms with Crippen molar-refractivity contribution in [3.05, 3.63) is 12.4 Å². The molecule has 5 N–H and O–H groups in total. The van der Waals surface area contributed by atoms with E-state index in [1.165, 1.54) is 17.1 Å². The van der Waals surface area contributed by atoms with Crippen molar-refractivity contribution >= 4 is 17.5 Å². The first-order chi connectivity index (χ1) is 6.99. The van der Waals surface area contributed by atoms with E-state index >= 15 is 0 Å². The number of nitrogens with two attached hydrogens (primary N) is 2. The van der Waals surface area contributed by atoms with Crippen molar-refractivity contribution in [2.45, 2.75) is 19.5 Å². The first-order valence-corrected chi connectivity index (χ1v) is 4.36. The number of rotatable bonds is 4. The molecule has 0 aromatic carbocycles. The van der Waals surface area contributed by atoms with Crippen molar-refractivity contribution in [3.63, 3.8) is 0 Å². The molecule has 0 spiro atoms. The standard InChI is InChI=1S/C8H13N5O2/c1-5(9)8(15)12-6-2-11-13(3-6)4-7(10)14/h2-3,5H,4,9H2,1H3,(H2,10,14)(H,12,15). The lowest BCUT2D eigenvalue weighted by Crippen LogP contribution is -2.32. The van der Waals surface area contributed by atoms with E-state index in [4.69, 9.17) is 11.5 Å². The van der Waals surface area contributed by atoms with E-state index in [2.05, 4.69) is 10.4 Å². The van der Waals surface area contributed by atoms with Gasteiger partial charge in [-0.3, -0.25) is 14.3 Å². The second-order valence-corrected chi connectivity index (χ2v) is 3.17. The van der Waals surface area contributed by atoms with E-state index in [-0.39, 0.29) is 12.5 Å². The molecule has 0 aliphatic carbocycles. The highest BCUT2D eigenvalue weighted by Crippen LogP contribution is 2.04. The predicted octanol–water partition coefficient (Wildman–Crippen LogP) is -1.35. The third-order valence-corrected chi connectivity index (χ3v) is 1.63. The van der Waals surface area contributed by atoms with Crippen molar-refractivity contribution < 1.29 is 9.59 Å². The zero-order valence-electron chi connectivity index (χ0n) is 8.30. The molecular weight excluding hydrogens is 198 g/mol. The Hall–Kier alpha value is -1.89. The van der Waals surface area contributed by atoms with Crippen LogP contribution in [0.25, 0.3) is 0 Å². The minimum Gasteiger partial charge on any atom is -0.368 e. The predicted molar refractivity (Wildman–Crippen MR) is 53.7 cm³/mol. The van der Waals surface area contributed by atoms with Gasteiger partial charge in [0.2, 0.25) is 11.8 Å². The van der Waals surface area contributed by atoms with E-state index in [1.807, 2.05) is 0 Å². The maximum Gasteiger partial charge on any atom is 0.241 e. The Kier molecular flexibility index (Phi) is 3.40. The van der Waals surface area contributed by atoms with Crippen LogP contribution in [0, 0.1) is 0 Å². The summed E-state index contributed by atoms with van der Waals surface area (Å²) in [4.78, 5) is 21.7. The summed E-state index contributed by atoms with van der Waals surface area (Å²) >= 11 is 0. The van der Waals surface area contributed by atoms with E-state index in [1.54, 1.807) is 6.92 Å². The second-order valence-electron chi connectivity index (χ2n) is 3.17. The molecule has 0 radical (unpaired) electrons. The molecule has 0 aliphatic heterocycles. The Balaban J connectivity index is 2.60. The summed E-state index contributed by atoms with van der Waals surface area (Å²) < 4.78 is 1.33.